The van der Waals surface area contributed by atoms with E-state index in [1.165, 1.54) is 43.4 Å². The van der Waals surface area contributed by atoms with Gasteiger partial charge in [-0.2, -0.15) is 0 Å². The van der Waals surface area contributed by atoms with Gasteiger partial charge in [-0.3, -0.25) is 19.8 Å². The van der Waals surface area contributed by atoms with Gasteiger partial charge in [-0.1, -0.05) is 0 Å². The molecule has 1 heterocycles. The highest BCUT2D eigenvalue weighted by atomic mass is 32.1. The third-order valence-corrected chi connectivity index (χ3v) is 4.65. The SMILES string of the molecule is CCN(C(C)=O)c1nc(COC(=O)c2cc(OC)c(OC)cc2[N+](=O)[O-])cs1. The van der Waals surface area contributed by atoms with Crippen molar-refractivity contribution in [2.24, 2.45) is 0 Å². The maximum Gasteiger partial charge on any atom is 0.345 e. The van der Waals surface area contributed by atoms with E-state index in [-0.39, 0.29) is 29.6 Å². The molecule has 0 saturated heterocycles. The lowest BCUT2D eigenvalue weighted by Crippen LogP contribution is -2.27. The van der Waals surface area contributed by atoms with E-state index in [0.29, 0.717) is 17.4 Å². The van der Waals surface area contributed by atoms with Gasteiger partial charge in [-0.25, -0.2) is 9.78 Å². The van der Waals surface area contributed by atoms with Crippen molar-refractivity contribution in [1.29, 1.82) is 0 Å². The Morgan fingerprint density at radius 3 is 2.43 bits per heavy atom. The van der Waals surface area contributed by atoms with Gasteiger partial charge in [0, 0.05) is 24.9 Å². The summed E-state index contributed by atoms with van der Waals surface area (Å²) in [6, 6.07) is 2.29. The third-order valence-electron chi connectivity index (χ3n) is 3.74. The average Bonchev–Trinajstić information content (AvgIpc) is 3.13. The molecule has 150 valence electrons. The van der Waals surface area contributed by atoms with E-state index in [2.05, 4.69) is 4.98 Å². The van der Waals surface area contributed by atoms with Gasteiger partial charge in [-0.05, 0) is 6.92 Å². The molecule has 0 radical (unpaired) electrons. The number of nitro benzene ring substituents is 1. The number of nitro groups is 1. The number of carbonyl (C=O) groups is 2. The lowest BCUT2D eigenvalue weighted by Gasteiger charge is -2.14. The van der Waals surface area contributed by atoms with Gasteiger partial charge in [0.25, 0.3) is 5.69 Å². The summed E-state index contributed by atoms with van der Waals surface area (Å²) in [5.41, 5.74) is -0.302. The van der Waals surface area contributed by atoms with Crippen molar-refractivity contribution < 1.29 is 28.7 Å². The first-order chi connectivity index (χ1) is 13.3. The van der Waals surface area contributed by atoms with Gasteiger partial charge in [0.05, 0.1) is 30.9 Å². The van der Waals surface area contributed by atoms with Gasteiger partial charge >= 0.3 is 5.97 Å². The molecule has 2 aromatic rings. The molecule has 0 aliphatic carbocycles. The van der Waals surface area contributed by atoms with Crippen LogP contribution in [0.3, 0.4) is 0 Å². The highest BCUT2D eigenvalue weighted by Crippen LogP contribution is 2.35. The number of ether oxygens (including phenoxy) is 3. The molecule has 28 heavy (non-hydrogen) atoms. The van der Waals surface area contributed by atoms with E-state index in [1.54, 1.807) is 5.38 Å². The smallest absolute Gasteiger partial charge is 0.345 e. The van der Waals surface area contributed by atoms with Crippen LogP contribution in [0.2, 0.25) is 0 Å². The molecule has 0 bridgehead atoms. The highest BCUT2D eigenvalue weighted by molar-refractivity contribution is 7.14. The molecule has 0 N–H and O–H groups in total. The lowest BCUT2D eigenvalue weighted by molar-refractivity contribution is -0.385. The van der Waals surface area contributed by atoms with Gasteiger partial charge in [0.2, 0.25) is 5.91 Å². The van der Waals surface area contributed by atoms with Gasteiger partial charge in [-0.15, -0.1) is 11.3 Å². The summed E-state index contributed by atoms with van der Waals surface area (Å²) < 4.78 is 15.3. The van der Waals surface area contributed by atoms with Crippen molar-refractivity contribution in [3.8, 4) is 11.5 Å². The zero-order valence-corrected chi connectivity index (χ0v) is 16.6. The normalized spacial score (nSPS) is 10.3. The molecule has 1 amide bonds. The van der Waals surface area contributed by atoms with Crippen LogP contribution in [0.1, 0.15) is 29.9 Å². The van der Waals surface area contributed by atoms with Gasteiger partial charge < -0.3 is 14.2 Å². The van der Waals surface area contributed by atoms with Gasteiger partial charge in [0.1, 0.15) is 12.2 Å². The number of carbonyl (C=O) groups excluding carboxylic acids is 2. The second kappa shape index (κ2) is 9.13. The van der Waals surface area contributed by atoms with Crippen molar-refractivity contribution in [3.05, 3.63) is 38.9 Å². The molecule has 0 aliphatic heterocycles. The van der Waals surface area contributed by atoms with Crippen LogP contribution in [0, 0.1) is 10.1 Å². The predicted molar refractivity (Wildman–Crippen MR) is 101 cm³/mol. The molecule has 0 spiro atoms. The fourth-order valence-corrected chi connectivity index (χ4v) is 3.30. The number of thiazole rings is 1. The minimum absolute atomic E-state index is 0.124. The van der Waals surface area contributed by atoms with Crippen molar-refractivity contribution in [2.75, 3.05) is 25.7 Å². The maximum absolute atomic E-state index is 12.4. The van der Waals surface area contributed by atoms with Crippen molar-refractivity contribution in [3.63, 3.8) is 0 Å². The Hall–Kier alpha value is -3.21. The molecule has 2 rings (SSSR count). The Labute approximate surface area is 164 Å². The number of methoxy groups -OCH3 is 2. The van der Waals surface area contributed by atoms with E-state index in [0.717, 1.165) is 6.07 Å². The van der Waals surface area contributed by atoms with Crippen LogP contribution in [-0.2, 0) is 16.1 Å². The quantitative estimate of drug-likeness (QED) is 0.371. The van der Waals surface area contributed by atoms with Crippen molar-refractivity contribution in [2.45, 2.75) is 20.5 Å². The Balaban J connectivity index is 2.20. The van der Waals surface area contributed by atoms with E-state index >= 15 is 0 Å². The molecule has 0 saturated carbocycles. The maximum atomic E-state index is 12.4. The lowest BCUT2D eigenvalue weighted by atomic mass is 10.1. The predicted octanol–water partition coefficient (Wildman–Crippen LogP) is 2.80. The number of rotatable bonds is 8. The number of aromatic nitrogens is 1. The van der Waals surface area contributed by atoms with Gasteiger partial charge in [0.15, 0.2) is 16.6 Å². The number of benzene rings is 1. The summed E-state index contributed by atoms with van der Waals surface area (Å²) in [4.78, 5) is 40.3. The standard InChI is InChI=1S/C17H19N3O7S/c1-5-19(10(2)21)17-18-11(9-28-17)8-27-16(22)12-6-14(25-3)15(26-4)7-13(12)20(23)24/h6-7,9H,5,8H2,1-4H3. The molecular formula is C17H19N3O7S. The molecule has 0 unspecified atom stereocenters. The summed E-state index contributed by atoms with van der Waals surface area (Å²) in [6.07, 6.45) is 0. The largest absolute Gasteiger partial charge is 0.493 e. The molecule has 11 heteroatoms. The highest BCUT2D eigenvalue weighted by Gasteiger charge is 2.26. The summed E-state index contributed by atoms with van der Waals surface area (Å²) in [5, 5.41) is 13.4. The number of anilines is 1. The topological polar surface area (TPSA) is 121 Å². The van der Waals surface area contributed by atoms with E-state index in [9.17, 15) is 19.7 Å². The van der Waals surface area contributed by atoms with Crippen molar-refractivity contribution in [1.82, 2.24) is 4.98 Å². The third kappa shape index (κ3) is 4.55. The first-order valence-corrected chi connectivity index (χ1v) is 9.00. The summed E-state index contributed by atoms with van der Waals surface area (Å²) in [7, 11) is 2.68. The Morgan fingerprint density at radius 2 is 1.89 bits per heavy atom. The number of hydrogen-bond donors (Lipinski definition) is 0. The summed E-state index contributed by atoms with van der Waals surface area (Å²) >= 11 is 1.24. The molecule has 0 fully saturated rings. The molecular weight excluding hydrogens is 390 g/mol. The van der Waals surface area contributed by atoms with Crippen molar-refractivity contribution >= 4 is 34.0 Å². The van der Waals surface area contributed by atoms with Crippen LogP contribution in [0.15, 0.2) is 17.5 Å². The fourth-order valence-electron chi connectivity index (χ4n) is 2.38. The summed E-state index contributed by atoms with van der Waals surface area (Å²) in [6.45, 7) is 3.51. The average molecular weight is 409 g/mol. The Bertz CT molecular complexity index is 897. The van der Waals surface area contributed by atoms with E-state index in [1.807, 2.05) is 6.92 Å². The summed E-state index contributed by atoms with van der Waals surface area (Å²) in [5.74, 6) is -0.766. The molecule has 10 nitrogen and oxygen atoms in total. The minimum Gasteiger partial charge on any atom is -0.493 e. The zero-order chi connectivity index (χ0) is 20.8. The number of hydrogen-bond acceptors (Lipinski definition) is 9. The molecule has 0 aliphatic rings. The van der Waals surface area contributed by atoms with E-state index in [4.69, 9.17) is 14.2 Å². The zero-order valence-electron chi connectivity index (χ0n) is 15.8. The Morgan fingerprint density at radius 1 is 1.25 bits per heavy atom. The van der Waals surface area contributed by atoms with Crippen LogP contribution in [-0.4, -0.2) is 42.5 Å². The first-order valence-electron chi connectivity index (χ1n) is 8.12. The first kappa shape index (κ1) is 21.1. The molecule has 0 atom stereocenters. The monoisotopic (exact) mass is 409 g/mol. The minimum atomic E-state index is -0.902. The Kier molecular flexibility index (Phi) is 6.88. The second-order valence-corrected chi connectivity index (χ2v) is 6.28. The fraction of sp³-hybridized carbons (Fsp3) is 0.353. The van der Waals surface area contributed by atoms with Crippen LogP contribution in [0.4, 0.5) is 10.8 Å². The van der Waals surface area contributed by atoms with Crippen LogP contribution < -0.4 is 14.4 Å². The van der Waals surface area contributed by atoms with Crippen LogP contribution in [0.5, 0.6) is 11.5 Å². The number of nitrogens with zero attached hydrogens (tertiary/aromatic N) is 3. The van der Waals surface area contributed by atoms with Crippen LogP contribution >= 0.6 is 11.3 Å². The molecule has 1 aromatic carbocycles. The molecule has 1 aromatic heterocycles. The van der Waals surface area contributed by atoms with Crippen LogP contribution in [0.25, 0.3) is 0 Å². The second-order valence-electron chi connectivity index (χ2n) is 5.44. The number of esters is 1. The van der Waals surface area contributed by atoms with E-state index < -0.39 is 16.6 Å². The number of amides is 1.